The molecule has 2 N–H and O–H groups in total. The van der Waals surface area contributed by atoms with Gasteiger partial charge in [0, 0.05) is 21.0 Å². The van der Waals surface area contributed by atoms with Gasteiger partial charge in [0.05, 0.1) is 10.5 Å². The maximum atomic E-state index is 12.2. The summed E-state index contributed by atoms with van der Waals surface area (Å²) in [6, 6.07) is 6.64. The summed E-state index contributed by atoms with van der Waals surface area (Å²) < 4.78 is 26.2. The Morgan fingerprint density at radius 3 is 2.57 bits per heavy atom. The van der Waals surface area contributed by atoms with Crippen molar-refractivity contribution in [1.82, 2.24) is 4.72 Å². The highest BCUT2D eigenvalue weighted by Gasteiger charge is 2.26. The standard InChI is InChI=1S/C16H16N2O3S2/c1-9-6-11(22-10(9)2)7-14-13-8-12(23(20,21)17-3)4-5-15(13)18-16(14)19/h4-8,17H,1-3H3,(H,18,19). The largest absolute Gasteiger partial charge is 0.321 e. The first-order chi connectivity index (χ1) is 10.8. The SMILES string of the molecule is CNS(=O)(=O)c1ccc2c(c1)C(=Cc1cc(C)c(C)s1)C(=O)N2. The zero-order chi connectivity index (χ0) is 16.8. The summed E-state index contributed by atoms with van der Waals surface area (Å²) in [5.74, 6) is -0.220. The number of hydrogen-bond donors (Lipinski definition) is 2. The van der Waals surface area contributed by atoms with E-state index in [2.05, 4.69) is 10.0 Å². The van der Waals surface area contributed by atoms with Crippen LogP contribution in [0.3, 0.4) is 0 Å². The lowest BCUT2D eigenvalue weighted by Crippen LogP contribution is -2.18. The molecule has 1 aromatic heterocycles. The Morgan fingerprint density at radius 2 is 1.96 bits per heavy atom. The van der Waals surface area contributed by atoms with Crippen LogP contribution in [0.1, 0.15) is 20.9 Å². The van der Waals surface area contributed by atoms with Gasteiger partial charge in [0.25, 0.3) is 5.91 Å². The number of amides is 1. The Kier molecular flexibility index (Phi) is 3.87. The van der Waals surface area contributed by atoms with Gasteiger partial charge in [0.15, 0.2) is 0 Å². The molecule has 2 aromatic rings. The van der Waals surface area contributed by atoms with Crippen molar-refractivity contribution in [3.05, 3.63) is 45.1 Å². The number of rotatable bonds is 3. The van der Waals surface area contributed by atoms with Crippen LogP contribution < -0.4 is 10.0 Å². The van der Waals surface area contributed by atoms with E-state index in [1.54, 1.807) is 17.4 Å². The number of benzene rings is 1. The molecule has 23 heavy (non-hydrogen) atoms. The molecule has 0 aliphatic carbocycles. The molecule has 0 atom stereocenters. The van der Waals surface area contributed by atoms with Gasteiger partial charge in [-0.05, 0) is 56.8 Å². The van der Waals surface area contributed by atoms with Crippen LogP contribution in [-0.2, 0) is 14.8 Å². The molecule has 1 aliphatic heterocycles. The van der Waals surface area contributed by atoms with Crippen LogP contribution in [0.25, 0.3) is 11.6 Å². The van der Waals surface area contributed by atoms with E-state index in [4.69, 9.17) is 0 Å². The van der Waals surface area contributed by atoms with Crippen LogP contribution in [0.2, 0.25) is 0 Å². The summed E-state index contributed by atoms with van der Waals surface area (Å²) in [5.41, 5.74) is 2.89. The van der Waals surface area contributed by atoms with Gasteiger partial charge >= 0.3 is 0 Å². The first-order valence-corrected chi connectivity index (χ1v) is 9.30. The summed E-state index contributed by atoms with van der Waals surface area (Å²) in [6.45, 7) is 4.05. The zero-order valence-electron chi connectivity index (χ0n) is 12.9. The monoisotopic (exact) mass is 348 g/mol. The third-order valence-electron chi connectivity index (χ3n) is 3.82. The molecule has 0 saturated carbocycles. The van der Waals surface area contributed by atoms with Crippen LogP contribution in [0.4, 0.5) is 5.69 Å². The van der Waals surface area contributed by atoms with Crippen molar-refractivity contribution < 1.29 is 13.2 Å². The Balaban J connectivity index is 2.12. The van der Waals surface area contributed by atoms with Crippen molar-refractivity contribution in [1.29, 1.82) is 0 Å². The number of sulfonamides is 1. The molecule has 7 heteroatoms. The molecule has 120 valence electrons. The lowest BCUT2D eigenvalue weighted by molar-refractivity contribution is -0.110. The Hall–Kier alpha value is -1.96. The van der Waals surface area contributed by atoms with E-state index in [0.717, 1.165) is 4.88 Å². The van der Waals surface area contributed by atoms with Gasteiger partial charge in [-0.15, -0.1) is 11.3 Å². The van der Waals surface area contributed by atoms with Crippen molar-refractivity contribution in [3.8, 4) is 0 Å². The Bertz CT molecular complexity index is 921. The minimum Gasteiger partial charge on any atom is -0.321 e. The molecule has 0 unspecified atom stereocenters. The smallest absolute Gasteiger partial charge is 0.256 e. The highest BCUT2D eigenvalue weighted by Crippen LogP contribution is 2.36. The van der Waals surface area contributed by atoms with Crippen molar-refractivity contribution in [2.75, 3.05) is 12.4 Å². The van der Waals surface area contributed by atoms with Gasteiger partial charge in [0.2, 0.25) is 10.0 Å². The van der Waals surface area contributed by atoms with E-state index in [9.17, 15) is 13.2 Å². The molecule has 3 rings (SSSR count). The van der Waals surface area contributed by atoms with E-state index in [-0.39, 0.29) is 10.8 Å². The van der Waals surface area contributed by atoms with Gasteiger partial charge in [0.1, 0.15) is 0 Å². The number of anilines is 1. The number of aryl methyl sites for hydroxylation is 2. The zero-order valence-corrected chi connectivity index (χ0v) is 14.6. The molecule has 0 fully saturated rings. The van der Waals surface area contributed by atoms with Crippen molar-refractivity contribution in [2.24, 2.45) is 0 Å². The van der Waals surface area contributed by atoms with Crippen molar-refractivity contribution >= 4 is 44.6 Å². The van der Waals surface area contributed by atoms with E-state index < -0.39 is 10.0 Å². The van der Waals surface area contributed by atoms with Crippen LogP contribution in [-0.4, -0.2) is 21.4 Å². The topological polar surface area (TPSA) is 75.3 Å². The second-order valence-electron chi connectivity index (χ2n) is 5.32. The van der Waals surface area contributed by atoms with E-state index in [1.165, 1.54) is 29.6 Å². The van der Waals surface area contributed by atoms with Gasteiger partial charge < -0.3 is 5.32 Å². The fourth-order valence-electron chi connectivity index (χ4n) is 2.41. The molecule has 5 nitrogen and oxygen atoms in total. The second kappa shape index (κ2) is 5.59. The Morgan fingerprint density at radius 1 is 1.22 bits per heavy atom. The lowest BCUT2D eigenvalue weighted by atomic mass is 10.1. The van der Waals surface area contributed by atoms with Crippen molar-refractivity contribution in [2.45, 2.75) is 18.7 Å². The number of fused-ring (bicyclic) bond motifs is 1. The van der Waals surface area contributed by atoms with E-state index in [1.807, 2.05) is 26.0 Å². The van der Waals surface area contributed by atoms with E-state index >= 15 is 0 Å². The van der Waals surface area contributed by atoms with Crippen LogP contribution in [0, 0.1) is 13.8 Å². The van der Waals surface area contributed by atoms with Gasteiger partial charge in [-0.2, -0.15) is 0 Å². The number of carbonyl (C=O) groups excluding carboxylic acids is 1. The van der Waals surface area contributed by atoms with Gasteiger partial charge in [-0.3, -0.25) is 4.79 Å². The molecular formula is C16H16N2O3S2. The average Bonchev–Trinajstić information content (AvgIpc) is 2.99. The van der Waals surface area contributed by atoms with E-state index in [0.29, 0.717) is 16.8 Å². The third kappa shape index (κ3) is 2.83. The fourth-order valence-corrected chi connectivity index (χ4v) is 4.15. The number of hydrogen-bond acceptors (Lipinski definition) is 4. The normalized spacial score (nSPS) is 15.8. The molecule has 0 spiro atoms. The van der Waals surface area contributed by atoms with Gasteiger partial charge in [-0.1, -0.05) is 0 Å². The predicted molar refractivity (Wildman–Crippen MR) is 93.0 cm³/mol. The Labute approximate surface area is 139 Å². The molecule has 1 aliphatic rings. The first kappa shape index (κ1) is 15.9. The molecule has 0 radical (unpaired) electrons. The summed E-state index contributed by atoms with van der Waals surface area (Å²) in [5, 5.41) is 2.77. The minimum atomic E-state index is -3.55. The second-order valence-corrected chi connectivity index (χ2v) is 8.49. The fraction of sp³-hybridized carbons (Fsp3) is 0.188. The maximum absolute atomic E-state index is 12.2. The molecule has 0 bridgehead atoms. The predicted octanol–water partition coefficient (Wildman–Crippen LogP) is 2.77. The molecule has 2 heterocycles. The first-order valence-electron chi connectivity index (χ1n) is 7.00. The van der Waals surface area contributed by atoms with Crippen LogP contribution >= 0.6 is 11.3 Å². The quantitative estimate of drug-likeness (QED) is 0.838. The molecular weight excluding hydrogens is 332 g/mol. The third-order valence-corrected chi connectivity index (χ3v) is 6.34. The molecule has 1 aromatic carbocycles. The van der Waals surface area contributed by atoms with Crippen molar-refractivity contribution in [3.63, 3.8) is 0 Å². The maximum Gasteiger partial charge on any atom is 0.256 e. The molecule has 1 amide bonds. The highest BCUT2D eigenvalue weighted by atomic mass is 32.2. The summed E-state index contributed by atoms with van der Waals surface area (Å²) in [4.78, 5) is 14.5. The summed E-state index contributed by atoms with van der Waals surface area (Å²) >= 11 is 1.61. The minimum absolute atomic E-state index is 0.139. The van der Waals surface area contributed by atoms with Crippen LogP contribution in [0.5, 0.6) is 0 Å². The highest BCUT2D eigenvalue weighted by molar-refractivity contribution is 7.89. The summed E-state index contributed by atoms with van der Waals surface area (Å²) in [7, 11) is -2.19. The summed E-state index contributed by atoms with van der Waals surface area (Å²) in [6.07, 6.45) is 1.81. The van der Waals surface area contributed by atoms with Crippen LogP contribution in [0.15, 0.2) is 29.2 Å². The number of nitrogens with one attached hydrogen (secondary N) is 2. The molecule has 0 saturated heterocycles. The average molecular weight is 348 g/mol. The van der Waals surface area contributed by atoms with Gasteiger partial charge in [-0.25, -0.2) is 13.1 Å². The number of carbonyl (C=O) groups is 1. The number of thiophene rings is 1. The lowest BCUT2D eigenvalue weighted by Gasteiger charge is -2.05.